The van der Waals surface area contributed by atoms with Gasteiger partial charge in [-0.3, -0.25) is 12.9 Å². The smallest absolute Gasteiger partial charge is 0.302 e. The predicted molar refractivity (Wildman–Crippen MR) is 66.6 cm³/mol. The molecule has 0 saturated carbocycles. The Morgan fingerprint density at radius 3 is 1.63 bits per heavy atom. The van der Waals surface area contributed by atoms with Gasteiger partial charge in [-0.25, -0.2) is 4.21 Å². The zero-order valence-electron chi connectivity index (χ0n) is 11.0. The lowest BCUT2D eigenvalue weighted by atomic mass is 9.70. The summed E-state index contributed by atoms with van der Waals surface area (Å²) in [5.41, 5.74) is -1.60. The van der Waals surface area contributed by atoms with Gasteiger partial charge in [-0.1, -0.05) is 0 Å². The number of aliphatic hydroxyl groups is 2. The van der Waals surface area contributed by atoms with Crippen molar-refractivity contribution in [2.24, 2.45) is 5.41 Å². The molecule has 0 rings (SSSR count). The van der Waals surface area contributed by atoms with Crippen LogP contribution in [0.25, 0.3) is 0 Å². The third-order valence-corrected chi connectivity index (χ3v) is 4.20. The molecule has 3 N–H and O–H groups in total. The van der Waals surface area contributed by atoms with Crippen LogP contribution in [0, 0.1) is 5.41 Å². The molecule has 116 valence electrons. The molecule has 6 unspecified atom stereocenters. The Balaban J connectivity index is 5.54. The first-order chi connectivity index (χ1) is 8.56. The van der Waals surface area contributed by atoms with E-state index in [0.717, 1.165) is 0 Å². The van der Waals surface area contributed by atoms with E-state index >= 15 is 0 Å². The molecular weight excluding hydrogens is 300 g/mol. The maximum absolute atomic E-state index is 10.7. The number of hydrogen-bond donors (Lipinski definition) is 3. The molecule has 8 nitrogen and oxygen atoms in total. The largest absolute Gasteiger partial charge is 0.750 e. The molecule has 0 spiro atoms. The minimum atomic E-state index is -2.87. The fourth-order valence-corrected chi connectivity index (χ4v) is 3.26. The third-order valence-electron chi connectivity index (χ3n) is 3.31. The fourth-order valence-electron chi connectivity index (χ4n) is 2.45. The van der Waals surface area contributed by atoms with Crippen LogP contribution in [0.4, 0.5) is 0 Å². The van der Waals surface area contributed by atoms with Crippen molar-refractivity contribution in [1.82, 2.24) is 0 Å². The van der Waals surface area contributed by atoms with E-state index in [1.807, 2.05) is 0 Å². The molecule has 19 heavy (non-hydrogen) atoms. The minimum absolute atomic E-state index is 1.14. The molecule has 0 saturated heterocycles. The Morgan fingerprint density at radius 2 is 1.37 bits per heavy atom. The summed E-state index contributed by atoms with van der Waals surface area (Å²) in [6, 6.07) is 0. The van der Waals surface area contributed by atoms with Gasteiger partial charge in [0.1, 0.15) is 0 Å². The lowest BCUT2D eigenvalue weighted by Gasteiger charge is -2.46. The topological polar surface area (TPSA) is 136 Å². The van der Waals surface area contributed by atoms with Crippen LogP contribution in [0.15, 0.2) is 0 Å². The van der Waals surface area contributed by atoms with E-state index in [1.165, 1.54) is 27.7 Å². The van der Waals surface area contributed by atoms with Crippen molar-refractivity contribution >= 4 is 22.7 Å². The van der Waals surface area contributed by atoms with Gasteiger partial charge >= 0.3 is 11.4 Å². The Hall–Kier alpha value is 0.0600. The van der Waals surface area contributed by atoms with Gasteiger partial charge in [-0.15, -0.1) is 0 Å². The van der Waals surface area contributed by atoms with Crippen LogP contribution in [0.5, 0.6) is 0 Å². The van der Waals surface area contributed by atoms with Gasteiger partial charge in [0.2, 0.25) is 0 Å². The molecule has 0 bridgehead atoms. The third kappa shape index (κ3) is 4.53. The molecule has 0 heterocycles. The van der Waals surface area contributed by atoms with Crippen molar-refractivity contribution < 1.29 is 36.1 Å². The summed E-state index contributed by atoms with van der Waals surface area (Å²) in [5.74, 6) is 0. The predicted octanol–water partition coefficient (Wildman–Crippen LogP) is -0.525. The van der Waals surface area contributed by atoms with E-state index in [4.69, 9.17) is 4.55 Å². The van der Waals surface area contributed by atoms with Crippen LogP contribution in [-0.4, -0.2) is 52.2 Å². The van der Waals surface area contributed by atoms with Crippen molar-refractivity contribution in [1.29, 1.82) is 0 Å². The molecule has 0 aromatic heterocycles. The molecule has 0 radical (unpaired) electrons. The zero-order chi connectivity index (χ0) is 15.4. The highest BCUT2D eigenvalue weighted by Gasteiger charge is 2.52. The molecule has 0 aliphatic rings. The van der Waals surface area contributed by atoms with Crippen LogP contribution < -0.4 is 0 Å². The highest BCUT2D eigenvalue weighted by molar-refractivity contribution is 7.74. The summed E-state index contributed by atoms with van der Waals surface area (Å²) >= 11 is -5.51. The molecule has 0 aliphatic heterocycles. The highest BCUT2D eigenvalue weighted by atomic mass is 32.2. The van der Waals surface area contributed by atoms with Gasteiger partial charge in [0.25, 0.3) is 0 Å². The van der Waals surface area contributed by atoms with Gasteiger partial charge in [0.15, 0.2) is 0 Å². The van der Waals surface area contributed by atoms with Crippen molar-refractivity contribution in [3.05, 3.63) is 0 Å². The SMILES string of the molecule is CC(O)C(C(C)O)(C(C)OS(=O)[O-])C(C)OS(=O)O. The van der Waals surface area contributed by atoms with Crippen molar-refractivity contribution in [2.75, 3.05) is 0 Å². The van der Waals surface area contributed by atoms with Gasteiger partial charge < -0.3 is 14.8 Å². The van der Waals surface area contributed by atoms with Crippen molar-refractivity contribution in [3.63, 3.8) is 0 Å². The summed E-state index contributed by atoms with van der Waals surface area (Å²) in [4.78, 5) is 0. The minimum Gasteiger partial charge on any atom is -0.750 e. The Kier molecular flexibility index (Phi) is 7.76. The normalized spacial score (nSPS) is 24.8. The van der Waals surface area contributed by atoms with Gasteiger partial charge in [-0.05, 0) is 27.7 Å². The second-order valence-electron chi connectivity index (χ2n) is 4.25. The number of rotatable bonds is 8. The summed E-state index contributed by atoms with van der Waals surface area (Å²) in [6.45, 7) is 5.26. The second-order valence-corrected chi connectivity index (χ2v) is 5.48. The molecule has 0 aliphatic carbocycles. The van der Waals surface area contributed by atoms with Crippen LogP contribution in [0.2, 0.25) is 0 Å². The Morgan fingerprint density at radius 1 is 1.00 bits per heavy atom. The molecule has 10 heteroatoms. The van der Waals surface area contributed by atoms with E-state index in [0.29, 0.717) is 0 Å². The maximum atomic E-state index is 10.7. The van der Waals surface area contributed by atoms with Gasteiger partial charge in [0.05, 0.1) is 41.2 Å². The summed E-state index contributed by atoms with van der Waals surface area (Å²) < 4.78 is 49.9. The van der Waals surface area contributed by atoms with Gasteiger partial charge in [0, 0.05) is 0 Å². The average Bonchev–Trinajstić information content (AvgIpc) is 2.13. The maximum Gasteiger partial charge on any atom is 0.302 e. The van der Waals surface area contributed by atoms with Crippen molar-refractivity contribution in [2.45, 2.75) is 52.1 Å². The number of hydrogen-bond acceptors (Lipinski definition) is 7. The van der Waals surface area contributed by atoms with Gasteiger partial charge in [-0.2, -0.15) is 4.21 Å². The molecular formula is C9H19O8S2-. The summed E-state index contributed by atoms with van der Waals surface area (Å²) in [7, 11) is 0. The monoisotopic (exact) mass is 319 g/mol. The lowest BCUT2D eigenvalue weighted by molar-refractivity contribution is -0.158. The molecule has 0 aromatic rings. The van der Waals surface area contributed by atoms with E-state index in [9.17, 15) is 23.2 Å². The summed E-state index contributed by atoms with van der Waals surface area (Å²) in [5, 5.41) is 19.8. The summed E-state index contributed by atoms with van der Waals surface area (Å²) in [6.07, 6.45) is -4.84. The fraction of sp³-hybridized carbons (Fsp3) is 1.00. The van der Waals surface area contributed by atoms with E-state index in [1.54, 1.807) is 0 Å². The molecule has 6 atom stereocenters. The van der Waals surface area contributed by atoms with Crippen LogP contribution >= 0.6 is 0 Å². The first kappa shape index (κ1) is 19.1. The van der Waals surface area contributed by atoms with Crippen LogP contribution in [0.1, 0.15) is 27.7 Å². The van der Waals surface area contributed by atoms with E-state index < -0.39 is 52.6 Å². The van der Waals surface area contributed by atoms with E-state index in [-0.39, 0.29) is 0 Å². The first-order valence-electron chi connectivity index (χ1n) is 5.47. The highest BCUT2D eigenvalue weighted by Crippen LogP contribution is 2.39. The van der Waals surface area contributed by atoms with Crippen LogP contribution in [0.3, 0.4) is 0 Å². The van der Waals surface area contributed by atoms with E-state index in [2.05, 4.69) is 8.37 Å². The standard InChI is InChI=1S/C9H20O8S2/c1-5(10)9(6(2)11,7(3)16-18(12)13)8(4)17-19(14)15/h5-8,10-11H,1-4H3,(H,12,13)(H,14,15)/p-1. The Labute approximate surface area is 117 Å². The van der Waals surface area contributed by atoms with Crippen molar-refractivity contribution in [3.8, 4) is 0 Å². The van der Waals surface area contributed by atoms with Crippen LogP contribution in [-0.2, 0) is 31.1 Å². The first-order valence-corrected chi connectivity index (χ1v) is 7.50. The average molecular weight is 319 g/mol. The molecule has 0 amide bonds. The second kappa shape index (κ2) is 7.74. The Bertz CT molecular complexity index is 300. The quantitative estimate of drug-likeness (QED) is 0.508. The molecule has 0 aromatic carbocycles. The molecule has 0 fully saturated rings. The zero-order valence-corrected chi connectivity index (χ0v) is 12.6. The lowest BCUT2D eigenvalue weighted by Crippen LogP contribution is -2.58. The number of aliphatic hydroxyl groups excluding tert-OH is 2.